The monoisotopic (exact) mass is 556 g/mol. The van der Waals surface area contributed by atoms with Gasteiger partial charge in [-0.25, -0.2) is 5.53 Å². The molecule has 0 saturated carbocycles. The van der Waals surface area contributed by atoms with Crippen molar-refractivity contribution in [2.45, 2.75) is 39.0 Å². The number of Topliss-reactive ketones (excluding diaryl/α,β-unsaturated/α-hetero) is 1. The van der Waals surface area contributed by atoms with Gasteiger partial charge in [0.1, 0.15) is 17.9 Å². The third-order valence-electron chi connectivity index (χ3n) is 6.91. The lowest BCUT2D eigenvalue weighted by Crippen LogP contribution is -2.34. The van der Waals surface area contributed by atoms with Crippen molar-refractivity contribution in [3.05, 3.63) is 71.8 Å². The van der Waals surface area contributed by atoms with E-state index in [1.807, 2.05) is 55.6 Å². The van der Waals surface area contributed by atoms with Crippen LogP contribution in [0.4, 0.5) is 5.82 Å². The van der Waals surface area contributed by atoms with Gasteiger partial charge >= 0.3 is 0 Å². The highest BCUT2D eigenvalue weighted by Gasteiger charge is 2.25. The molecule has 1 saturated heterocycles. The van der Waals surface area contributed by atoms with E-state index < -0.39 is 0 Å². The van der Waals surface area contributed by atoms with Crippen LogP contribution in [0.3, 0.4) is 0 Å². The summed E-state index contributed by atoms with van der Waals surface area (Å²) < 4.78 is 0. The molecule has 5 rings (SSSR count). The number of rotatable bonds is 6. The van der Waals surface area contributed by atoms with Crippen molar-refractivity contribution in [1.82, 2.24) is 41.6 Å². The Balaban J connectivity index is 0.000000417. The number of aromatic nitrogens is 4. The van der Waals surface area contributed by atoms with Crippen LogP contribution in [0, 0.1) is 6.92 Å². The minimum absolute atomic E-state index is 0.113. The van der Waals surface area contributed by atoms with Gasteiger partial charge in [-0.15, -0.1) is 10.6 Å². The molecule has 6 N–H and O–H groups in total. The van der Waals surface area contributed by atoms with Gasteiger partial charge in [-0.1, -0.05) is 36.4 Å². The van der Waals surface area contributed by atoms with Crippen molar-refractivity contribution in [3.63, 3.8) is 0 Å². The molecule has 2 aliphatic heterocycles. The number of benzene rings is 1. The van der Waals surface area contributed by atoms with Crippen LogP contribution in [0.15, 0.2) is 60.0 Å². The van der Waals surface area contributed by atoms with Crippen molar-refractivity contribution >= 4 is 23.7 Å². The number of H-pyrrole nitrogens is 1. The smallest absolute Gasteiger partial charge is 0.165 e. The van der Waals surface area contributed by atoms with E-state index in [9.17, 15) is 9.59 Å². The number of nitrogens with zero attached hydrogens (tertiary/aromatic N) is 5. The number of aryl methyl sites for hydroxylation is 1. The number of carbonyl (C=O) groups is 2. The van der Waals surface area contributed by atoms with Crippen molar-refractivity contribution in [1.29, 1.82) is 0 Å². The molecule has 2 aliphatic rings. The number of pyridine rings is 1. The zero-order chi connectivity index (χ0) is 29.2. The number of hydrazone groups is 1. The standard InChI is InChI=1S/C26H30N6O.C3H6N4O/c1-17-22(21-9-10-23(28-15-21)19-7-5-4-6-8-19)16-29-31-26(27)24(18(2)33)25(30-17)20-11-13-32(3)14-12-20;8-2-1-3-4-6-7-5-3/h4-10,15-16,20,31H,11-14,27H2,1-3H3;2,6-7H,1H2,(H,4,5). The normalized spacial score (nSPS) is 15.0. The summed E-state index contributed by atoms with van der Waals surface area (Å²) in [5.74, 6) is 0.898. The summed E-state index contributed by atoms with van der Waals surface area (Å²) in [7, 11) is 2.11. The van der Waals surface area contributed by atoms with E-state index in [1.54, 1.807) is 6.20 Å². The van der Waals surface area contributed by atoms with Crippen molar-refractivity contribution in [2.24, 2.45) is 5.10 Å². The van der Waals surface area contributed by atoms with Crippen LogP contribution in [-0.2, 0) is 4.79 Å². The number of hydrogen-bond donors (Lipinski definition) is 5. The van der Waals surface area contributed by atoms with E-state index in [0.29, 0.717) is 17.8 Å². The van der Waals surface area contributed by atoms with Crippen LogP contribution in [-0.4, -0.2) is 63.1 Å². The lowest BCUT2D eigenvalue weighted by molar-refractivity contribution is -0.106. The van der Waals surface area contributed by atoms with Gasteiger partial charge in [-0.05, 0) is 52.9 Å². The van der Waals surface area contributed by atoms with Crippen LogP contribution in [0.25, 0.3) is 22.4 Å². The fourth-order valence-corrected chi connectivity index (χ4v) is 4.71. The quantitative estimate of drug-likeness (QED) is 0.225. The van der Waals surface area contributed by atoms with E-state index in [2.05, 4.69) is 48.7 Å². The molecular formula is C29H36N10O2. The third kappa shape index (κ3) is 7.71. The molecular weight excluding hydrogens is 520 g/mol. The van der Waals surface area contributed by atoms with Gasteiger partial charge in [-0.3, -0.25) is 25.3 Å². The van der Waals surface area contributed by atoms with Crippen LogP contribution in [0.1, 0.15) is 53.8 Å². The number of piperidine rings is 1. The first-order chi connectivity index (χ1) is 19.9. The Bertz CT molecular complexity index is 1430. The lowest BCUT2D eigenvalue weighted by atomic mass is 9.90. The number of aldehydes is 1. The van der Waals surface area contributed by atoms with Gasteiger partial charge in [0, 0.05) is 34.5 Å². The molecule has 2 aromatic heterocycles. The zero-order valence-electron chi connectivity index (χ0n) is 23.5. The Hall–Kier alpha value is -4.68. The number of ketones is 1. The number of hydrogen-bond acceptors (Lipinski definition) is 11. The molecule has 0 aliphatic carbocycles. The molecule has 0 bridgehead atoms. The van der Waals surface area contributed by atoms with Gasteiger partial charge < -0.3 is 15.4 Å². The van der Waals surface area contributed by atoms with Crippen molar-refractivity contribution < 1.29 is 9.59 Å². The van der Waals surface area contributed by atoms with Gasteiger partial charge in [-0.2, -0.15) is 5.10 Å². The average molecular weight is 557 g/mol. The largest absolute Gasteiger partial charge is 0.383 e. The first kappa shape index (κ1) is 29.3. The molecule has 1 fully saturated rings. The zero-order valence-corrected chi connectivity index (χ0v) is 23.5. The van der Waals surface area contributed by atoms with Crippen molar-refractivity contribution in [3.8, 4) is 22.4 Å². The highest BCUT2D eigenvalue weighted by molar-refractivity contribution is 5.99. The van der Waals surface area contributed by atoms with Crippen LogP contribution in [0.5, 0.6) is 0 Å². The highest BCUT2D eigenvalue weighted by Crippen LogP contribution is 2.31. The molecule has 0 amide bonds. The number of carbonyl (C=O) groups excluding carboxylic acids is 2. The maximum Gasteiger partial charge on any atom is 0.165 e. The Kier molecular flexibility index (Phi) is 10.1. The molecule has 0 atom stereocenters. The van der Waals surface area contributed by atoms with E-state index in [1.165, 1.54) is 6.92 Å². The number of nitrogens with one attached hydrogen (secondary N) is 4. The fourth-order valence-electron chi connectivity index (χ4n) is 4.71. The summed E-state index contributed by atoms with van der Waals surface area (Å²) >= 11 is 0. The molecule has 12 heteroatoms. The molecule has 12 nitrogen and oxygen atoms in total. The van der Waals surface area contributed by atoms with Gasteiger partial charge in [0.05, 0.1) is 29.6 Å². The van der Waals surface area contributed by atoms with Gasteiger partial charge in [0.25, 0.3) is 0 Å². The maximum absolute atomic E-state index is 12.6. The summed E-state index contributed by atoms with van der Waals surface area (Å²) in [6.45, 7) is 5.39. The average Bonchev–Trinajstić information content (AvgIpc) is 3.51. The van der Waals surface area contributed by atoms with E-state index in [4.69, 9.17) is 10.7 Å². The maximum atomic E-state index is 12.6. The topological polar surface area (TPSA) is 166 Å². The first-order valence-electron chi connectivity index (χ1n) is 13.4. The summed E-state index contributed by atoms with van der Waals surface area (Å²) in [6.07, 6.45) is 6.48. The lowest BCUT2D eigenvalue weighted by Gasteiger charge is -2.29. The highest BCUT2D eigenvalue weighted by atomic mass is 16.1. The van der Waals surface area contributed by atoms with E-state index >= 15 is 0 Å². The number of anilines is 1. The Morgan fingerprint density at radius 3 is 2.46 bits per heavy atom. The van der Waals surface area contributed by atoms with E-state index in [-0.39, 0.29) is 17.5 Å². The van der Waals surface area contributed by atoms with Crippen LogP contribution < -0.4 is 22.2 Å². The predicted molar refractivity (Wildman–Crippen MR) is 159 cm³/mol. The number of amidine groups is 1. The Labute approximate surface area is 239 Å². The molecule has 0 radical (unpaired) electrons. The fraction of sp³-hybridized carbons (Fsp3) is 0.310. The summed E-state index contributed by atoms with van der Waals surface area (Å²) in [5, 5.41) is 10.8. The second-order valence-electron chi connectivity index (χ2n) is 9.88. The third-order valence-corrected chi connectivity index (χ3v) is 6.91. The molecule has 1 aromatic carbocycles. The second-order valence-corrected chi connectivity index (χ2v) is 9.88. The Morgan fingerprint density at radius 2 is 1.85 bits per heavy atom. The van der Waals surface area contributed by atoms with Gasteiger partial charge in [0.2, 0.25) is 0 Å². The first-order valence-corrected chi connectivity index (χ1v) is 13.4. The molecule has 4 heterocycles. The van der Waals surface area contributed by atoms with Crippen LogP contribution >= 0.6 is 0 Å². The molecule has 41 heavy (non-hydrogen) atoms. The number of aromatic amines is 1. The summed E-state index contributed by atoms with van der Waals surface area (Å²) in [5.41, 5.74) is 19.4. The molecule has 214 valence electrons. The number of nitrogen functional groups attached to an aromatic ring is 1. The number of hydrazine groups is 2. The Morgan fingerprint density at radius 1 is 1.10 bits per heavy atom. The molecule has 0 unspecified atom stereocenters. The SMILES string of the molecule is CC(=O)c1c(C2CCN(C)CC2)nc(C)c(-c2ccc(-c3ccccc3)nc2)cn[nH]c1N.O=CCC1=NNNN1. The predicted octanol–water partition coefficient (Wildman–Crippen LogP) is 3.06. The minimum atomic E-state index is -0.113. The van der Waals surface area contributed by atoms with Crippen LogP contribution in [0.2, 0.25) is 0 Å². The minimum Gasteiger partial charge on any atom is -0.383 e. The van der Waals surface area contributed by atoms with Gasteiger partial charge in [0.15, 0.2) is 5.78 Å². The molecule has 3 aromatic rings. The van der Waals surface area contributed by atoms with Crippen molar-refractivity contribution in [2.75, 3.05) is 25.9 Å². The van der Waals surface area contributed by atoms with E-state index in [0.717, 1.165) is 66.0 Å². The summed E-state index contributed by atoms with van der Waals surface area (Å²) in [4.78, 5) is 34.3. The number of likely N-dealkylation sites (tertiary alicyclic amines) is 1. The summed E-state index contributed by atoms with van der Waals surface area (Å²) in [6, 6.07) is 14.1. The number of nitrogens with two attached hydrogens (primary N) is 1. The molecule has 0 spiro atoms. The second kappa shape index (κ2) is 14.1.